The van der Waals surface area contributed by atoms with Crippen molar-refractivity contribution in [2.45, 2.75) is 25.9 Å². The van der Waals surface area contributed by atoms with Gasteiger partial charge in [0.25, 0.3) is 0 Å². The standard InChI is InChI=1S/C15H17ClFN3/c16-13-7-11(1-3-14(13)17)8-18-9-12-2-4-15-19-5-6-20(15)10-12/h1,3,5-7,12,18H,2,4,8-10H2/t12-/m0/s1. The molecule has 0 aliphatic carbocycles. The Morgan fingerprint density at radius 3 is 3.20 bits per heavy atom. The van der Waals surface area contributed by atoms with Gasteiger partial charge in [-0.15, -0.1) is 0 Å². The molecule has 0 radical (unpaired) electrons. The van der Waals surface area contributed by atoms with Crippen molar-refractivity contribution in [1.29, 1.82) is 0 Å². The number of aromatic nitrogens is 2. The molecule has 2 heterocycles. The zero-order valence-corrected chi connectivity index (χ0v) is 11.9. The summed E-state index contributed by atoms with van der Waals surface area (Å²) in [7, 11) is 0. The predicted molar refractivity (Wildman–Crippen MR) is 77.2 cm³/mol. The minimum absolute atomic E-state index is 0.185. The molecule has 106 valence electrons. The van der Waals surface area contributed by atoms with E-state index in [4.69, 9.17) is 11.6 Å². The summed E-state index contributed by atoms with van der Waals surface area (Å²) in [6, 6.07) is 4.86. The van der Waals surface area contributed by atoms with Crippen LogP contribution in [0, 0.1) is 11.7 Å². The maximum atomic E-state index is 13.1. The van der Waals surface area contributed by atoms with Crippen LogP contribution in [-0.2, 0) is 19.5 Å². The highest BCUT2D eigenvalue weighted by Gasteiger charge is 2.18. The summed E-state index contributed by atoms with van der Waals surface area (Å²) in [4.78, 5) is 4.33. The van der Waals surface area contributed by atoms with Crippen molar-refractivity contribution >= 4 is 11.6 Å². The third-order valence-corrected chi connectivity index (χ3v) is 4.07. The quantitative estimate of drug-likeness (QED) is 0.939. The van der Waals surface area contributed by atoms with E-state index in [9.17, 15) is 4.39 Å². The van der Waals surface area contributed by atoms with Crippen LogP contribution >= 0.6 is 11.6 Å². The van der Waals surface area contributed by atoms with Gasteiger partial charge in [0.15, 0.2) is 0 Å². The molecule has 0 saturated heterocycles. The van der Waals surface area contributed by atoms with Crippen LogP contribution in [0.25, 0.3) is 0 Å². The molecule has 0 unspecified atom stereocenters. The smallest absolute Gasteiger partial charge is 0.141 e. The number of benzene rings is 1. The summed E-state index contributed by atoms with van der Waals surface area (Å²) in [5.74, 6) is 1.44. The lowest BCUT2D eigenvalue weighted by atomic mass is 9.99. The van der Waals surface area contributed by atoms with Gasteiger partial charge < -0.3 is 9.88 Å². The number of imidazole rings is 1. The molecule has 0 saturated carbocycles. The summed E-state index contributed by atoms with van der Waals surface area (Å²) in [6.07, 6.45) is 6.11. The summed E-state index contributed by atoms with van der Waals surface area (Å²) >= 11 is 5.77. The van der Waals surface area contributed by atoms with Crippen molar-refractivity contribution in [2.75, 3.05) is 6.54 Å². The molecule has 20 heavy (non-hydrogen) atoms. The minimum atomic E-state index is -0.365. The molecule has 2 aromatic rings. The lowest BCUT2D eigenvalue weighted by molar-refractivity contribution is 0.347. The molecule has 0 bridgehead atoms. The lowest BCUT2D eigenvalue weighted by Crippen LogP contribution is -2.29. The van der Waals surface area contributed by atoms with E-state index >= 15 is 0 Å². The first-order chi connectivity index (χ1) is 9.72. The van der Waals surface area contributed by atoms with Crippen molar-refractivity contribution in [3.63, 3.8) is 0 Å². The fraction of sp³-hybridized carbons (Fsp3) is 0.400. The molecule has 3 rings (SSSR count). The molecule has 3 nitrogen and oxygen atoms in total. The first-order valence-corrected chi connectivity index (χ1v) is 7.25. The number of aryl methyl sites for hydroxylation is 1. The Kier molecular flexibility index (Phi) is 4.03. The van der Waals surface area contributed by atoms with Crippen molar-refractivity contribution in [2.24, 2.45) is 5.92 Å². The van der Waals surface area contributed by atoms with Crippen LogP contribution in [0.5, 0.6) is 0 Å². The minimum Gasteiger partial charge on any atom is -0.335 e. The SMILES string of the molecule is Fc1ccc(CNC[C@@H]2CCc3nccn3C2)cc1Cl. The third kappa shape index (κ3) is 3.02. The van der Waals surface area contributed by atoms with Crippen molar-refractivity contribution in [3.05, 3.63) is 52.8 Å². The van der Waals surface area contributed by atoms with Gasteiger partial charge in [0.2, 0.25) is 0 Å². The maximum absolute atomic E-state index is 13.1. The summed E-state index contributed by atoms with van der Waals surface area (Å²) in [5, 5.41) is 3.61. The predicted octanol–water partition coefficient (Wildman–Crippen LogP) is 3.03. The highest BCUT2D eigenvalue weighted by Crippen LogP contribution is 2.19. The average molecular weight is 294 g/mol. The fourth-order valence-electron chi connectivity index (χ4n) is 2.67. The molecular weight excluding hydrogens is 277 g/mol. The van der Waals surface area contributed by atoms with E-state index in [0.29, 0.717) is 12.5 Å². The van der Waals surface area contributed by atoms with Crippen molar-refractivity contribution < 1.29 is 4.39 Å². The number of hydrogen-bond donors (Lipinski definition) is 1. The molecule has 1 aromatic carbocycles. The Labute approximate surface area is 122 Å². The van der Waals surface area contributed by atoms with Crippen LogP contribution < -0.4 is 5.32 Å². The van der Waals surface area contributed by atoms with Gasteiger partial charge in [-0.3, -0.25) is 0 Å². The maximum Gasteiger partial charge on any atom is 0.141 e. The molecule has 1 N–H and O–H groups in total. The van der Waals surface area contributed by atoms with Gasteiger partial charge in [-0.25, -0.2) is 9.37 Å². The second-order valence-electron chi connectivity index (χ2n) is 5.28. The Morgan fingerprint density at radius 1 is 1.45 bits per heavy atom. The molecule has 1 aliphatic rings. The number of rotatable bonds is 4. The van der Waals surface area contributed by atoms with E-state index in [-0.39, 0.29) is 10.8 Å². The number of fused-ring (bicyclic) bond motifs is 1. The Balaban J connectivity index is 1.50. The average Bonchev–Trinajstić information content (AvgIpc) is 2.90. The summed E-state index contributed by atoms with van der Waals surface area (Å²) in [6.45, 7) is 2.69. The van der Waals surface area contributed by atoms with Crippen LogP contribution in [-0.4, -0.2) is 16.1 Å². The van der Waals surface area contributed by atoms with E-state index < -0.39 is 0 Å². The van der Waals surface area contributed by atoms with Gasteiger partial charge in [-0.05, 0) is 36.6 Å². The summed E-state index contributed by atoms with van der Waals surface area (Å²) < 4.78 is 15.3. The highest BCUT2D eigenvalue weighted by atomic mass is 35.5. The Bertz CT molecular complexity index is 597. The fourth-order valence-corrected chi connectivity index (χ4v) is 2.88. The number of hydrogen-bond acceptors (Lipinski definition) is 2. The van der Waals surface area contributed by atoms with Gasteiger partial charge in [0.1, 0.15) is 11.6 Å². The van der Waals surface area contributed by atoms with Gasteiger partial charge >= 0.3 is 0 Å². The molecule has 1 aliphatic heterocycles. The van der Waals surface area contributed by atoms with E-state index in [2.05, 4.69) is 14.9 Å². The van der Waals surface area contributed by atoms with Crippen LogP contribution in [0.4, 0.5) is 4.39 Å². The van der Waals surface area contributed by atoms with E-state index in [0.717, 1.165) is 31.5 Å². The van der Waals surface area contributed by atoms with E-state index in [1.165, 1.54) is 11.9 Å². The lowest BCUT2D eigenvalue weighted by Gasteiger charge is -2.24. The van der Waals surface area contributed by atoms with Gasteiger partial charge in [0.05, 0.1) is 5.02 Å². The highest BCUT2D eigenvalue weighted by molar-refractivity contribution is 6.30. The van der Waals surface area contributed by atoms with Crippen LogP contribution in [0.3, 0.4) is 0 Å². The van der Waals surface area contributed by atoms with Crippen LogP contribution in [0.15, 0.2) is 30.6 Å². The largest absolute Gasteiger partial charge is 0.335 e. The van der Waals surface area contributed by atoms with Crippen LogP contribution in [0.1, 0.15) is 17.8 Å². The summed E-state index contributed by atoms with van der Waals surface area (Å²) in [5.41, 5.74) is 1.01. The normalized spacial score (nSPS) is 18.0. The monoisotopic (exact) mass is 293 g/mol. The van der Waals surface area contributed by atoms with E-state index in [1.807, 2.05) is 12.4 Å². The molecule has 1 aromatic heterocycles. The first-order valence-electron chi connectivity index (χ1n) is 6.87. The molecule has 0 fully saturated rings. The van der Waals surface area contributed by atoms with Gasteiger partial charge in [-0.1, -0.05) is 17.7 Å². The third-order valence-electron chi connectivity index (χ3n) is 3.78. The molecule has 0 amide bonds. The molecule has 0 spiro atoms. The second-order valence-corrected chi connectivity index (χ2v) is 5.69. The van der Waals surface area contributed by atoms with Gasteiger partial charge in [0, 0.05) is 31.9 Å². The molecular formula is C15H17ClFN3. The zero-order valence-electron chi connectivity index (χ0n) is 11.1. The Hall–Kier alpha value is -1.39. The zero-order chi connectivity index (χ0) is 13.9. The number of nitrogens with zero attached hydrogens (tertiary/aromatic N) is 2. The molecule has 1 atom stereocenters. The van der Waals surface area contributed by atoms with Gasteiger partial charge in [-0.2, -0.15) is 0 Å². The first kappa shape index (κ1) is 13.6. The number of halogens is 2. The van der Waals surface area contributed by atoms with Crippen molar-refractivity contribution in [3.8, 4) is 0 Å². The number of nitrogens with one attached hydrogen (secondary N) is 1. The topological polar surface area (TPSA) is 29.9 Å². The Morgan fingerprint density at radius 2 is 2.35 bits per heavy atom. The van der Waals surface area contributed by atoms with E-state index in [1.54, 1.807) is 12.1 Å². The van der Waals surface area contributed by atoms with Crippen molar-refractivity contribution in [1.82, 2.24) is 14.9 Å². The van der Waals surface area contributed by atoms with Crippen LogP contribution in [0.2, 0.25) is 5.02 Å². The molecule has 5 heteroatoms. The second kappa shape index (κ2) is 5.94.